The quantitative estimate of drug-likeness (QED) is 0.900. The molecule has 4 nitrogen and oxygen atoms in total. The Balaban J connectivity index is 2.18. The molecule has 0 unspecified atom stereocenters. The summed E-state index contributed by atoms with van der Waals surface area (Å²) in [6, 6.07) is 5.87. The van der Waals surface area contributed by atoms with Gasteiger partial charge in [0.05, 0.1) is 0 Å². The number of nitrogens with zero attached hydrogens (tertiary/aromatic N) is 2. The number of nitrogens with two attached hydrogens (primary N) is 1. The molecule has 0 radical (unpaired) electrons. The van der Waals surface area contributed by atoms with Crippen LogP contribution in [-0.2, 0) is 11.3 Å². The predicted octanol–water partition coefficient (Wildman–Crippen LogP) is 1.86. The molecule has 1 aliphatic heterocycles. The van der Waals surface area contributed by atoms with E-state index >= 15 is 0 Å². The molecule has 1 aromatic carbocycles. The number of carbonyl (C=O) groups excluding carboxylic acids is 1. The molecule has 2 N–H and O–H groups in total. The smallest absolute Gasteiger partial charge is 0.219 e. The first kappa shape index (κ1) is 14.2. The van der Waals surface area contributed by atoms with Gasteiger partial charge in [-0.2, -0.15) is 0 Å². The van der Waals surface area contributed by atoms with Gasteiger partial charge in [0.2, 0.25) is 5.91 Å². The Morgan fingerprint density at radius 3 is 2.79 bits per heavy atom. The highest BCUT2D eigenvalue weighted by Crippen LogP contribution is 2.27. The molecule has 1 aromatic rings. The molecule has 0 saturated carbocycles. The summed E-state index contributed by atoms with van der Waals surface area (Å²) >= 11 is 6.20. The predicted molar refractivity (Wildman–Crippen MR) is 78.4 cm³/mol. The van der Waals surface area contributed by atoms with Crippen molar-refractivity contribution in [2.24, 2.45) is 5.73 Å². The number of amides is 1. The van der Waals surface area contributed by atoms with Gasteiger partial charge in [-0.15, -0.1) is 0 Å². The van der Waals surface area contributed by atoms with Crippen LogP contribution < -0.4 is 10.6 Å². The van der Waals surface area contributed by atoms with E-state index in [1.807, 2.05) is 17.0 Å². The monoisotopic (exact) mass is 281 g/mol. The van der Waals surface area contributed by atoms with Crippen molar-refractivity contribution in [3.63, 3.8) is 0 Å². The van der Waals surface area contributed by atoms with Crippen LogP contribution >= 0.6 is 11.6 Å². The van der Waals surface area contributed by atoms with Crippen LogP contribution in [0.4, 0.5) is 5.69 Å². The Morgan fingerprint density at radius 2 is 2.11 bits per heavy atom. The molecule has 0 atom stereocenters. The number of anilines is 1. The lowest BCUT2D eigenvalue weighted by atomic mass is 10.1. The molecule has 1 saturated heterocycles. The molecule has 0 aromatic heterocycles. The van der Waals surface area contributed by atoms with E-state index in [9.17, 15) is 4.79 Å². The maximum Gasteiger partial charge on any atom is 0.219 e. The van der Waals surface area contributed by atoms with Crippen molar-refractivity contribution in [1.29, 1.82) is 0 Å². The summed E-state index contributed by atoms with van der Waals surface area (Å²) in [7, 11) is 0. The van der Waals surface area contributed by atoms with Crippen LogP contribution in [0.5, 0.6) is 0 Å². The average molecular weight is 282 g/mol. The number of rotatable bonds is 2. The highest BCUT2D eigenvalue weighted by Gasteiger charge is 2.19. The van der Waals surface area contributed by atoms with Gasteiger partial charge < -0.3 is 15.5 Å². The van der Waals surface area contributed by atoms with Crippen LogP contribution in [0.25, 0.3) is 0 Å². The van der Waals surface area contributed by atoms with Crippen molar-refractivity contribution >= 4 is 23.2 Å². The zero-order valence-electron chi connectivity index (χ0n) is 11.2. The third-order valence-corrected chi connectivity index (χ3v) is 3.93. The topological polar surface area (TPSA) is 49.6 Å². The van der Waals surface area contributed by atoms with Crippen molar-refractivity contribution in [1.82, 2.24) is 4.90 Å². The van der Waals surface area contributed by atoms with Gasteiger partial charge in [0.15, 0.2) is 0 Å². The second kappa shape index (κ2) is 6.26. The Bertz CT molecular complexity index is 464. The second-order valence-corrected chi connectivity index (χ2v) is 5.20. The van der Waals surface area contributed by atoms with Gasteiger partial charge in [-0.25, -0.2) is 0 Å². The zero-order valence-corrected chi connectivity index (χ0v) is 12.0. The highest BCUT2D eigenvalue weighted by atomic mass is 35.5. The fourth-order valence-corrected chi connectivity index (χ4v) is 2.77. The Hall–Kier alpha value is -1.26. The molecule has 2 rings (SSSR count). The van der Waals surface area contributed by atoms with E-state index in [-0.39, 0.29) is 5.91 Å². The van der Waals surface area contributed by atoms with E-state index in [4.69, 9.17) is 17.3 Å². The van der Waals surface area contributed by atoms with E-state index in [1.54, 1.807) is 6.92 Å². The molecule has 1 aliphatic rings. The molecular weight excluding hydrogens is 262 g/mol. The molecule has 0 spiro atoms. The SMILES string of the molecule is CC(=O)N1CCCN(c2cccc(Cl)c2CN)CC1. The highest BCUT2D eigenvalue weighted by molar-refractivity contribution is 6.31. The van der Waals surface area contributed by atoms with Crippen molar-refractivity contribution in [2.75, 3.05) is 31.1 Å². The first-order chi connectivity index (χ1) is 9.13. The van der Waals surface area contributed by atoms with Gasteiger partial charge in [0.25, 0.3) is 0 Å². The summed E-state index contributed by atoms with van der Waals surface area (Å²) in [5.74, 6) is 0.145. The van der Waals surface area contributed by atoms with Crippen LogP contribution in [0.15, 0.2) is 18.2 Å². The van der Waals surface area contributed by atoms with E-state index < -0.39 is 0 Å². The number of hydrogen-bond donors (Lipinski definition) is 1. The lowest BCUT2D eigenvalue weighted by Gasteiger charge is -2.26. The average Bonchev–Trinajstić information content (AvgIpc) is 2.64. The van der Waals surface area contributed by atoms with Gasteiger partial charge in [0, 0.05) is 55.9 Å². The van der Waals surface area contributed by atoms with E-state index in [0.29, 0.717) is 11.6 Å². The Labute approximate surface area is 119 Å². The summed E-state index contributed by atoms with van der Waals surface area (Å²) in [4.78, 5) is 15.6. The fraction of sp³-hybridized carbons (Fsp3) is 0.500. The van der Waals surface area contributed by atoms with Gasteiger partial charge in [-0.1, -0.05) is 17.7 Å². The Morgan fingerprint density at radius 1 is 1.32 bits per heavy atom. The molecule has 0 bridgehead atoms. The second-order valence-electron chi connectivity index (χ2n) is 4.79. The van der Waals surface area contributed by atoms with E-state index in [2.05, 4.69) is 11.0 Å². The summed E-state index contributed by atoms with van der Waals surface area (Å²) in [6.07, 6.45) is 0.968. The summed E-state index contributed by atoms with van der Waals surface area (Å²) < 4.78 is 0. The molecule has 1 fully saturated rings. The zero-order chi connectivity index (χ0) is 13.8. The number of benzene rings is 1. The van der Waals surface area contributed by atoms with Crippen molar-refractivity contribution in [3.8, 4) is 0 Å². The first-order valence-electron chi connectivity index (χ1n) is 6.61. The maximum absolute atomic E-state index is 11.4. The van der Waals surface area contributed by atoms with Crippen molar-refractivity contribution in [2.45, 2.75) is 19.9 Å². The van der Waals surface area contributed by atoms with E-state index in [1.165, 1.54) is 0 Å². The van der Waals surface area contributed by atoms with Crippen LogP contribution in [-0.4, -0.2) is 37.0 Å². The van der Waals surface area contributed by atoms with E-state index in [0.717, 1.165) is 43.9 Å². The van der Waals surface area contributed by atoms with Crippen molar-refractivity contribution < 1.29 is 4.79 Å². The van der Waals surface area contributed by atoms with Crippen molar-refractivity contribution in [3.05, 3.63) is 28.8 Å². The minimum absolute atomic E-state index is 0.145. The third-order valence-electron chi connectivity index (χ3n) is 3.58. The van der Waals surface area contributed by atoms with Crippen LogP contribution in [0.3, 0.4) is 0 Å². The van der Waals surface area contributed by atoms with Crippen LogP contribution in [0.2, 0.25) is 5.02 Å². The molecule has 1 amide bonds. The summed E-state index contributed by atoms with van der Waals surface area (Å²) in [6.45, 7) is 5.39. The van der Waals surface area contributed by atoms with Crippen LogP contribution in [0, 0.1) is 0 Å². The standard InChI is InChI=1S/C14H20ClN3O/c1-11(19)17-6-3-7-18(9-8-17)14-5-2-4-13(15)12(14)10-16/h2,4-5H,3,6-10,16H2,1H3. The van der Waals surface area contributed by atoms with Crippen LogP contribution in [0.1, 0.15) is 18.9 Å². The minimum Gasteiger partial charge on any atom is -0.369 e. The lowest BCUT2D eigenvalue weighted by Crippen LogP contribution is -2.34. The number of hydrogen-bond acceptors (Lipinski definition) is 3. The molecule has 104 valence electrons. The normalized spacial score (nSPS) is 16.4. The molecule has 0 aliphatic carbocycles. The first-order valence-corrected chi connectivity index (χ1v) is 6.99. The van der Waals surface area contributed by atoms with Gasteiger partial charge in [-0.05, 0) is 18.6 Å². The number of carbonyl (C=O) groups is 1. The molecular formula is C14H20ClN3O. The summed E-state index contributed by atoms with van der Waals surface area (Å²) in [5, 5.41) is 0.715. The van der Waals surface area contributed by atoms with Gasteiger partial charge >= 0.3 is 0 Å². The molecule has 5 heteroatoms. The number of halogens is 1. The summed E-state index contributed by atoms with van der Waals surface area (Å²) in [5.41, 5.74) is 7.88. The minimum atomic E-state index is 0.145. The largest absolute Gasteiger partial charge is 0.369 e. The lowest BCUT2D eigenvalue weighted by molar-refractivity contribution is -0.128. The fourth-order valence-electron chi connectivity index (χ4n) is 2.52. The maximum atomic E-state index is 11.4. The van der Waals surface area contributed by atoms with Gasteiger partial charge in [0.1, 0.15) is 0 Å². The molecule has 1 heterocycles. The molecule has 19 heavy (non-hydrogen) atoms. The third kappa shape index (κ3) is 3.19. The van der Waals surface area contributed by atoms with Gasteiger partial charge in [-0.3, -0.25) is 4.79 Å². The Kier molecular flexibility index (Phi) is 4.66.